The molecule has 4 rings (SSSR count). The van der Waals surface area contributed by atoms with E-state index in [1.807, 2.05) is 0 Å². The predicted molar refractivity (Wildman–Crippen MR) is 85.8 cm³/mol. The molecule has 2 N–H and O–H groups in total. The van der Waals surface area contributed by atoms with E-state index in [4.69, 9.17) is 4.42 Å². The maximum Gasteiger partial charge on any atom is 0.226 e. The first-order valence-corrected chi connectivity index (χ1v) is 8.04. The molecule has 7 nitrogen and oxygen atoms in total. The van der Waals surface area contributed by atoms with Crippen LogP contribution in [0.5, 0.6) is 0 Å². The van der Waals surface area contributed by atoms with Crippen molar-refractivity contribution in [3.8, 4) is 11.5 Å². The molecule has 1 saturated carbocycles. The van der Waals surface area contributed by atoms with Gasteiger partial charge in [-0.15, -0.1) is 0 Å². The van der Waals surface area contributed by atoms with Crippen LogP contribution >= 0.6 is 0 Å². The van der Waals surface area contributed by atoms with Crippen molar-refractivity contribution in [3.05, 3.63) is 54.2 Å². The van der Waals surface area contributed by atoms with E-state index in [1.54, 1.807) is 18.4 Å². The van der Waals surface area contributed by atoms with Crippen molar-refractivity contribution in [1.29, 1.82) is 0 Å². The van der Waals surface area contributed by atoms with Gasteiger partial charge in [0.1, 0.15) is 24.2 Å². The van der Waals surface area contributed by atoms with Crippen LogP contribution < -0.4 is 5.32 Å². The van der Waals surface area contributed by atoms with Crippen LogP contribution in [0.1, 0.15) is 23.9 Å². The number of nitrogens with one attached hydrogen (secondary N) is 2. The van der Waals surface area contributed by atoms with E-state index >= 15 is 0 Å². The SMILES string of the molecule is O=C(NCCc1coc(-c2ccc(F)cc2)n1)C1CC1c1ncn[nH]1. The van der Waals surface area contributed by atoms with Crippen LogP contribution in [-0.2, 0) is 11.2 Å². The average Bonchev–Trinajstić information content (AvgIpc) is 3.02. The van der Waals surface area contributed by atoms with Gasteiger partial charge in [-0.25, -0.2) is 14.4 Å². The second kappa shape index (κ2) is 6.46. The molecule has 1 fully saturated rings. The van der Waals surface area contributed by atoms with Gasteiger partial charge in [-0.1, -0.05) is 0 Å². The fourth-order valence-corrected chi connectivity index (χ4v) is 2.77. The molecule has 0 radical (unpaired) electrons. The van der Waals surface area contributed by atoms with Crippen molar-refractivity contribution >= 4 is 5.91 Å². The topological polar surface area (TPSA) is 96.7 Å². The Hall–Kier alpha value is -3.03. The maximum atomic E-state index is 12.9. The molecule has 0 bridgehead atoms. The fourth-order valence-electron chi connectivity index (χ4n) is 2.77. The first kappa shape index (κ1) is 15.5. The lowest BCUT2D eigenvalue weighted by Gasteiger charge is -2.02. The number of hydrogen-bond acceptors (Lipinski definition) is 5. The van der Waals surface area contributed by atoms with E-state index in [-0.39, 0.29) is 23.6 Å². The molecule has 128 valence electrons. The van der Waals surface area contributed by atoms with E-state index in [0.717, 1.165) is 17.9 Å². The quantitative estimate of drug-likeness (QED) is 0.715. The first-order chi connectivity index (χ1) is 12.2. The highest BCUT2D eigenvalue weighted by atomic mass is 19.1. The largest absolute Gasteiger partial charge is 0.444 e. The Labute approximate surface area is 142 Å². The van der Waals surface area contributed by atoms with Gasteiger partial charge in [-0.2, -0.15) is 5.10 Å². The summed E-state index contributed by atoms with van der Waals surface area (Å²) in [5.74, 6) is 1.01. The lowest BCUT2D eigenvalue weighted by atomic mass is 10.2. The second-order valence-electron chi connectivity index (χ2n) is 6.01. The summed E-state index contributed by atoms with van der Waals surface area (Å²) in [7, 11) is 0. The third-order valence-electron chi connectivity index (χ3n) is 4.24. The number of hydrogen-bond donors (Lipinski definition) is 2. The standard InChI is InChI=1S/C17H16FN5O2/c18-11-3-1-10(2-4-11)17-22-12(8-25-17)5-6-19-16(24)14-7-13(14)15-20-9-21-23-15/h1-4,8-9,13-14H,5-7H2,(H,19,24)(H,20,21,23). The average molecular weight is 341 g/mol. The molecule has 1 amide bonds. The number of H-pyrrole nitrogens is 1. The van der Waals surface area contributed by atoms with Gasteiger partial charge in [0.05, 0.1) is 5.69 Å². The van der Waals surface area contributed by atoms with Gasteiger partial charge < -0.3 is 9.73 Å². The number of oxazole rings is 1. The molecule has 2 aromatic heterocycles. The minimum absolute atomic E-state index is 0.0173. The number of carbonyl (C=O) groups excluding carboxylic acids is 1. The van der Waals surface area contributed by atoms with Crippen LogP contribution in [0.15, 0.2) is 41.3 Å². The number of aromatic amines is 1. The number of benzene rings is 1. The van der Waals surface area contributed by atoms with Crippen molar-refractivity contribution < 1.29 is 13.6 Å². The molecule has 2 atom stereocenters. The van der Waals surface area contributed by atoms with E-state index in [2.05, 4.69) is 25.5 Å². The van der Waals surface area contributed by atoms with Gasteiger partial charge in [-0.3, -0.25) is 9.89 Å². The molecular formula is C17H16FN5O2. The molecule has 3 aromatic rings. The molecule has 0 spiro atoms. The van der Waals surface area contributed by atoms with Gasteiger partial charge in [0.2, 0.25) is 11.8 Å². The number of rotatable bonds is 6. The summed E-state index contributed by atoms with van der Waals surface area (Å²) in [5, 5.41) is 9.51. The van der Waals surface area contributed by atoms with Gasteiger partial charge in [0.25, 0.3) is 0 Å². The molecule has 25 heavy (non-hydrogen) atoms. The zero-order valence-electron chi connectivity index (χ0n) is 13.3. The van der Waals surface area contributed by atoms with Crippen LogP contribution in [-0.4, -0.2) is 32.6 Å². The molecule has 1 aliphatic rings. The molecule has 1 aliphatic carbocycles. The van der Waals surface area contributed by atoms with Crippen molar-refractivity contribution in [2.24, 2.45) is 5.92 Å². The first-order valence-electron chi connectivity index (χ1n) is 8.04. The Bertz CT molecular complexity index is 860. The van der Waals surface area contributed by atoms with Crippen molar-refractivity contribution in [2.75, 3.05) is 6.54 Å². The minimum atomic E-state index is -0.304. The highest BCUT2D eigenvalue weighted by Gasteiger charge is 2.45. The Morgan fingerprint density at radius 1 is 1.36 bits per heavy atom. The van der Waals surface area contributed by atoms with E-state index < -0.39 is 0 Å². The zero-order chi connectivity index (χ0) is 17.2. The van der Waals surface area contributed by atoms with Crippen LogP contribution in [0.4, 0.5) is 4.39 Å². The second-order valence-corrected chi connectivity index (χ2v) is 6.01. The summed E-state index contributed by atoms with van der Waals surface area (Å²) < 4.78 is 18.3. The maximum absolute atomic E-state index is 12.9. The molecular weight excluding hydrogens is 325 g/mol. The van der Waals surface area contributed by atoms with Crippen LogP contribution in [0.3, 0.4) is 0 Å². The third kappa shape index (κ3) is 3.42. The molecule has 1 aromatic carbocycles. The van der Waals surface area contributed by atoms with Crippen molar-refractivity contribution in [3.63, 3.8) is 0 Å². The van der Waals surface area contributed by atoms with Crippen LogP contribution in [0, 0.1) is 11.7 Å². The lowest BCUT2D eigenvalue weighted by molar-refractivity contribution is -0.122. The Kier molecular flexibility index (Phi) is 4.01. The van der Waals surface area contributed by atoms with Gasteiger partial charge >= 0.3 is 0 Å². The van der Waals surface area contributed by atoms with Gasteiger partial charge in [0, 0.05) is 30.4 Å². The molecule has 8 heteroatoms. The molecule has 2 heterocycles. The molecule has 0 saturated heterocycles. The summed E-state index contributed by atoms with van der Waals surface area (Å²) in [6.07, 6.45) is 4.36. The minimum Gasteiger partial charge on any atom is -0.444 e. The third-order valence-corrected chi connectivity index (χ3v) is 4.24. The summed E-state index contributed by atoms with van der Waals surface area (Å²) >= 11 is 0. The summed E-state index contributed by atoms with van der Waals surface area (Å²) in [4.78, 5) is 20.5. The normalized spacial score (nSPS) is 18.9. The van der Waals surface area contributed by atoms with Crippen LogP contribution in [0.25, 0.3) is 11.5 Å². The highest BCUT2D eigenvalue weighted by Crippen LogP contribution is 2.45. The number of nitrogens with zero attached hydrogens (tertiary/aromatic N) is 3. The smallest absolute Gasteiger partial charge is 0.226 e. The molecule has 2 unspecified atom stereocenters. The Balaban J connectivity index is 1.27. The summed E-state index contributed by atoms with van der Waals surface area (Å²) in [5.41, 5.74) is 1.45. The number of halogens is 1. The van der Waals surface area contributed by atoms with Gasteiger partial charge in [0.15, 0.2) is 0 Å². The zero-order valence-corrected chi connectivity index (χ0v) is 13.3. The van der Waals surface area contributed by atoms with Crippen LogP contribution in [0.2, 0.25) is 0 Å². The highest BCUT2D eigenvalue weighted by molar-refractivity contribution is 5.82. The molecule has 0 aliphatic heterocycles. The number of amides is 1. The predicted octanol–water partition coefficient (Wildman–Crippen LogP) is 2.06. The number of carbonyl (C=O) groups is 1. The van der Waals surface area contributed by atoms with E-state index in [9.17, 15) is 9.18 Å². The van der Waals surface area contributed by atoms with E-state index in [1.165, 1.54) is 18.5 Å². The van der Waals surface area contributed by atoms with Crippen molar-refractivity contribution in [1.82, 2.24) is 25.5 Å². The summed E-state index contributed by atoms with van der Waals surface area (Å²) in [6.45, 7) is 0.480. The van der Waals surface area contributed by atoms with Crippen molar-refractivity contribution in [2.45, 2.75) is 18.8 Å². The Morgan fingerprint density at radius 2 is 2.20 bits per heavy atom. The fraction of sp³-hybridized carbons (Fsp3) is 0.294. The summed E-state index contributed by atoms with van der Waals surface area (Å²) in [6, 6.07) is 5.95. The number of aromatic nitrogens is 4. The van der Waals surface area contributed by atoms with E-state index in [0.29, 0.717) is 24.4 Å². The van der Waals surface area contributed by atoms with Gasteiger partial charge in [-0.05, 0) is 30.7 Å². The monoisotopic (exact) mass is 341 g/mol. The Morgan fingerprint density at radius 3 is 2.96 bits per heavy atom. The lowest BCUT2D eigenvalue weighted by Crippen LogP contribution is -2.27.